The molecule has 0 aliphatic rings. The molecule has 11 heteroatoms. The topological polar surface area (TPSA) is 118 Å². The first-order chi connectivity index (χ1) is 18.8. The van der Waals surface area contributed by atoms with E-state index < -0.39 is 34.3 Å². The maximum absolute atomic E-state index is 14.5. The Balaban J connectivity index is 1.45. The molecule has 0 radical (unpaired) electrons. The first-order valence-electron chi connectivity index (χ1n) is 11.8. The number of halogens is 1. The molecule has 1 heterocycles. The van der Waals surface area contributed by atoms with Crippen LogP contribution in [0.3, 0.4) is 0 Å². The second-order valence-corrected chi connectivity index (χ2v) is 9.93. The summed E-state index contributed by atoms with van der Waals surface area (Å²) < 4.78 is 52.4. The van der Waals surface area contributed by atoms with Gasteiger partial charge in [0.2, 0.25) is 0 Å². The molecule has 4 aromatic rings. The minimum Gasteiger partial charge on any atom is -0.462 e. The van der Waals surface area contributed by atoms with Crippen LogP contribution >= 0.6 is 0 Å². The van der Waals surface area contributed by atoms with Gasteiger partial charge in [0.25, 0.3) is 15.9 Å². The zero-order chi connectivity index (χ0) is 27.8. The molecule has 9 nitrogen and oxygen atoms in total. The van der Waals surface area contributed by atoms with Crippen LogP contribution in [0.1, 0.15) is 23.0 Å². The van der Waals surface area contributed by atoms with Crippen molar-refractivity contribution in [2.45, 2.75) is 11.8 Å². The highest BCUT2D eigenvalue weighted by Gasteiger charge is 2.29. The Morgan fingerprint density at radius 2 is 1.67 bits per heavy atom. The number of rotatable bonds is 10. The van der Waals surface area contributed by atoms with Crippen molar-refractivity contribution in [3.63, 3.8) is 0 Å². The second kappa shape index (κ2) is 12.2. The van der Waals surface area contributed by atoms with E-state index in [0.717, 1.165) is 6.07 Å². The summed E-state index contributed by atoms with van der Waals surface area (Å²) in [5, 5.41) is 3.84. The van der Waals surface area contributed by atoms with Crippen LogP contribution in [0, 0.1) is 5.82 Å². The monoisotopic (exact) mass is 549 g/mol. The average molecular weight is 550 g/mol. The highest BCUT2D eigenvalue weighted by molar-refractivity contribution is 7.92. The Hall–Kier alpha value is -4.77. The molecular weight excluding hydrogens is 525 g/mol. The molecule has 1 amide bonds. The summed E-state index contributed by atoms with van der Waals surface area (Å²) in [4.78, 5) is 24.4. The van der Waals surface area contributed by atoms with Crippen LogP contribution in [0.5, 0.6) is 0 Å². The van der Waals surface area contributed by atoms with E-state index >= 15 is 0 Å². The van der Waals surface area contributed by atoms with Gasteiger partial charge in [0.05, 0.1) is 29.0 Å². The van der Waals surface area contributed by atoms with Crippen molar-refractivity contribution in [2.75, 3.05) is 17.5 Å². The third-order valence-electron chi connectivity index (χ3n) is 5.43. The van der Waals surface area contributed by atoms with E-state index in [0.29, 0.717) is 27.0 Å². The summed E-state index contributed by atoms with van der Waals surface area (Å²) >= 11 is 0. The van der Waals surface area contributed by atoms with Crippen LogP contribution in [0.15, 0.2) is 105 Å². The summed E-state index contributed by atoms with van der Waals surface area (Å²) in [6.07, 6.45) is 1.24. The SMILES string of the molecule is CCOC(=O)c1ccc(-c2ccc(C=NNC(=O)CN(c3ccccc3F)S(=O)(=O)c3ccccc3)o2)cc1. The zero-order valence-corrected chi connectivity index (χ0v) is 21.6. The van der Waals surface area contributed by atoms with Crippen LogP contribution in [0.25, 0.3) is 11.3 Å². The lowest BCUT2D eigenvalue weighted by molar-refractivity contribution is -0.119. The van der Waals surface area contributed by atoms with Crippen LogP contribution < -0.4 is 9.73 Å². The van der Waals surface area contributed by atoms with E-state index in [1.165, 1.54) is 48.7 Å². The molecule has 3 aromatic carbocycles. The fraction of sp³-hybridized carbons (Fsp3) is 0.107. The molecule has 0 unspecified atom stereocenters. The maximum atomic E-state index is 14.5. The Kier molecular flexibility index (Phi) is 8.52. The number of carbonyl (C=O) groups excluding carboxylic acids is 2. The standard InChI is InChI=1S/C28H24FN3O6S/c1-2-37-28(34)21-14-12-20(13-15-21)26-17-16-22(38-26)18-30-31-27(33)19-32(25-11-7-6-10-24(25)29)39(35,36)23-8-4-3-5-9-23/h3-18H,2,19H2,1H3,(H,31,33). The first-order valence-corrected chi connectivity index (χ1v) is 13.2. The molecule has 39 heavy (non-hydrogen) atoms. The number of furan rings is 1. The number of nitrogens with zero attached hydrogens (tertiary/aromatic N) is 2. The lowest BCUT2D eigenvalue weighted by Gasteiger charge is -2.24. The number of hydrogen-bond acceptors (Lipinski definition) is 7. The Morgan fingerprint density at radius 3 is 2.36 bits per heavy atom. The number of nitrogens with one attached hydrogen (secondary N) is 1. The molecule has 0 saturated heterocycles. The van der Waals surface area contributed by atoms with Gasteiger partial charge in [0.15, 0.2) is 0 Å². The number of para-hydroxylation sites is 1. The number of carbonyl (C=O) groups is 2. The number of anilines is 1. The molecular formula is C28H24FN3O6S. The molecule has 0 aliphatic carbocycles. The lowest BCUT2D eigenvalue weighted by atomic mass is 10.1. The van der Waals surface area contributed by atoms with E-state index in [9.17, 15) is 22.4 Å². The van der Waals surface area contributed by atoms with Gasteiger partial charge in [-0.2, -0.15) is 5.10 Å². The van der Waals surface area contributed by atoms with Crippen LogP contribution in [0.4, 0.5) is 10.1 Å². The lowest BCUT2D eigenvalue weighted by Crippen LogP contribution is -2.40. The quantitative estimate of drug-likeness (QED) is 0.175. The van der Waals surface area contributed by atoms with E-state index in [1.54, 1.807) is 49.4 Å². The Morgan fingerprint density at radius 1 is 0.974 bits per heavy atom. The van der Waals surface area contributed by atoms with Crippen molar-refractivity contribution in [3.8, 4) is 11.3 Å². The first kappa shape index (κ1) is 27.3. The third kappa shape index (κ3) is 6.57. The Bertz CT molecular complexity index is 1590. The predicted octanol–water partition coefficient (Wildman–Crippen LogP) is 4.61. The summed E-state index contributed by atoms with van der Waals surface area (Å²) in [5.74, 6) is -1.21. The van der Waals surface area contributed by atoms with Gasteiger partial charge in [-0.05, 0) is 55.5 Å². The Labute approximate surface area is 224 Å². The van der Waals surface area contributed by atoms with Crippen molar-refractivity contribution >= 4 is 33.8 Å². The van der Waals surface area contributed by atoms with Gasteiger partial charge in [-0.1, -0.05) is 42.5 Å². The van der Waals surface area contributed by atoms with E-state index in [2.05, 4.69) is 10.5 Å². The van der Waals surface area contributed by atoms with Gasteiger partial charge in [-0.15, -0.1) is 0 Å². The molecule has 200 valence electrons. The van der Waals surface area contributed by atoms with Crippen LogP contribution in [0.2, 0.25) is 0 Å². The smallest absolute Gasteiger partial charge is 0.338 e. The van der Waals surface area contributed by atoms with E-state index in [4.69, 9.17) is 9.15 Å². The van der Waals surface area contributed by atoms with Crippen LogP contribution in [-0.4, -0.2) is 39.7 Å². The molecule has 0 fully saturated rings. The molecule has 0 saturated carbocycles. The fourth-order valence-corrected chi connectivity index (χ4v) is 5.02. The summed E-state index contributed by atoms with van der Waals surface area (Å²) in [7, 11) is -4.25. The molecule has 0 atom stereocenters. The molecule has 4 rings (SSSR count). The zero-order valence-electron chi connectivity index (χ0n) is 20.8. The molecule has 1 N–H and O–H groups in total. The van der Waals surface area contributed by atoms with Crippen LogP contribution in [-0.2, 0) is 19.6 Å². The number of benzene rings is 3. The molecule has 0 aliphatic heterocycles. The van der Waals surface area contributed by atoms with E-state index in [1.807, 2.05) is 0 Å². The number of hydrazone groups is 1. The highest BCUT2D eigenvalue weighted by atomic mass is 32.2. The van der Waals surface area contributed by atoms with Crippen molar-refractivity contribution in [2.24, 2.45) is 5.10 Å². The van der Waals surface area contributed by atoms with Gasteiger partial charge in [0, 0.05) is 5.56 Å². The number of hydrogen-bond donors (Lipinski definition) is 1. The number of amides is 1. The van der Waals surface area contributed by atoms with E-state index in [-0.39, 0.29) is 17.2 Å². The highest BCUT2D eigenvalue weighted by Crippen LogP contribution is 2.26. The average Bonchev–Trinajstić information content (AvgIpc) is 3.42. The summed E-state index contributed by atoms with van der Waals surface area (Å²) in [6, 6.07) is 22.7. The number of ether oxygens (including phenoxy) is 1. The normalized spacial score (nSPS) is 11.3. The number of esters is 1. The van der Waals surface area contributed by atoms with Crippen molar-refractivity contribution in [1.82, 2.24) is 5.43 Å². The molecule has 0 bridgehead atoms. The minimum atomic E-state index is -4.25. The van der Waals surface area contributed by atoms with Gasteiger partial charge < -0.3 is 9.15 Å². The third-order valence-corrected chi connectivity index (χ3v) is 7.20. The largest absolute Gasteiger partial charge is 0.462 e. The fourth-order valence-electron chi connectivity index (χ4n) is 3.57. The predicted molar refractivity (Wildman–Crippen MR) is 143 cm³/mol. The van der Waals surface area contributed by atoms with Crippen molar-refractivity contribution in [3.05, 3.63) is 108 Å². The molecule has 0 spiro atoms. The summed E-state index contributed by atoms with van der Waals surface area (Å²) in [5.41, 5.74) is 3.09. The van der Waals surface area contributed by atoms with Crippen molar-refractivity contribution < 1.29 is 31.6 Å². The molecule has 1 aromatic heterocycles. The van der Waals surface area contributed by atoms with Gasteiger partial charge >= 0.3 is 5.97 Å². The van der Waals surface area contributed by atoms with Gasteiger partial charge in [0.1, 0.15) is 23.9 Å². The second-order valence-electron chi connectivity index (χ2n) is 8.07. The maximum Gasteiger partial charge on any atom is 0.338 e. The minimum absolute atomic E-state index is 0.0945. The van der Waals surface area contributed by atoms with Gasteiger partial charge in [-0.25, -0.2) is 23.0 Å². The van der Waals surface area contributed by atoms with Gasteiger partial charge in [-0.3, -0.25) is 9.10 Å². The number of sulfonamides is 1. The van der Waals surface area contributed by atoms with Crippen molar-refractivity contribution in [1.29, 1.82) is 0 Å². The summed E-state index contributed by atoms with van der Waals surface area (Å²) in [6.45, 7) is 1.29.